The monoisotopic (exact) mass is 378 g/mol. The third kappa shape index (κ3) is 4.23. The molecule has 3 rings (SSSR count). The van der Waals surface area contributed by atoms with Gasteiger partial charge in [-0.15, -0.1) is 0 Å². The number of rotatable bonds is 5. The lowest BCUT2D eigenvalue weighted by Gasteiger charge is -2.39. The van der Waals surface area contributed by atoms with E-state index in [2.05, 4.69) is 46.0 Å². The second-order valence-electron chi connectivity index (χ2n) is 9.55. The van der Waals surface area contributed by atoms with Crippen molar-refractivity contribution in [2.24, 2.45) is 0 Å². The quantitative estimate of drug-likeness (QED) is 0.684. The van der Waals surface area contributed by atoms with Crippen LogP contribution >= 0.6 is 0 Å². The Morgan fingerprint density at radius 1 is 1.04 bits per heavy atom. The van der Waals surface area contributed by atoms with Gasteiger partial charge in [-0.05, 0) is 37.5 Å². The van der Waals surface area contributed by atoms with Crippen molar-refractivity contribution in [1.29, 1.82) is 0 Å². The Morgan fingerprint density at radius 3 is 2.19 bits per heavy atom. The molecule has 146 valence electrons. The molecule has 5 heteroatoms. The Balaban J connectivity index is 1.71. The zero-order valence-corrected chi connectivity index (χ0v) is 18.2. The molecule has 1 aromatic rings. The summed E-state index contributed by atoms with van der Waals surface area (Å²) < 4.78 is 25.4. The lowest BCUT2D eigenvalue weighted by molar-refractivity contribution is -0.175. The standard InChI is InChI=1S/C21H34O4Si/c1-20(2,3)26(6,7)25-17-13-16(18-19(17)24-21(4,5)23-18)22-14-15-11-9-8-10-12-15/h8-12,16-19H,13-14H2,1-7H3/t16-,17+,18+,19-/m1/s1. The van der Waals surface area contributed by atoms with Crippen LogP contribution in [0.2, 0.25) is 18.1 Å². The van der Waals surface area contributed by atoms with Gasteiger partial charge in [0.25, 0.3) is 0 Å². The summed E-state index contributed by atoms with van der Waals surface area (Å²) in [6, 6.07) is 10.3. The van der Waals surface area contributed by atoms with Crippen LogP contribution in [0.25, 0.3) is 0 Å². The predicted octanol–water partition coefficient (Wildman–Crippen LogP) is 4.89. The minimum absolute atomic E-state index is 0.00301. The third-order valence-electron chi connectivity index (χ3n) is 5.92. The summed E-state index contributed by atoms with van der Waals surface area (Å²) in [5, 5.41) is 0.167. The molecule has 0 bridgehead atoms. The fourth-order valence-corrected chi connectivity index (χ4v) is 4.84. The molecule has 26 heavy (non-hydrogen) atoms. The minimum Gasteiger partial charge on any atom is -0.411 e. The van der Waals surface area contributed by atoms with E-state index in [1.165, 1.54) is 5.56 Å². The molecule has 0 aromatic heterocycles. The second-order valence-corrected chi connectivity index (χ2v) is 14.3. The summed E-state index contributed by atoms with van der Waals surface area (Å²) in [7, 11) is -1.88. The average molecular weight is 379 g/mol. The van der Waals surface area contributed by atoms with Crippen molar-refractivity contribution in [2.75, 3.05) is 0 Å². The van der Waals surface area contributed by atoms with Crippen LogP contribution in [0, 0.1) is 0 Å². The molecule has 0 N–H and O–H groups in total. The first kappa shape index (κ1) is 20.0. The van der Waals surface area contributed by atoms with Gasteiger partial charge in [-0.2, -0.15) is 0 Å². The van der Waals surface area contributed by atoms with Gasteiger partial charge in [0.15, 0.2) is 14.1 Å². The lowest BCUT2D eigenvalue weighted by atomic mass is 10.2. The molecule has 2 fully saturated rings. The van der Waals surface area contributed by atoms with Crippen LogP contribution in [-0.4, -0.2) is 38.5 Å². The van der Waals surface area contributed by atoms with E-state index in [0.29, 0.717) is 6.61 Å². The van der Waals surface area contributed by atoms with E-state index < -0.39 is 14.1 Å². The molecule has 0 amide bonds. The normalized spacial score (nSPS) is 31.2. The van der Waals surface area contributed by atoms with Crippen LogP contribution < -0.4 is 0 Å². The Bertz CT molecular complexity index is 608. The molecule has 1 heterocycles. The molecular weight excluding hydrogens is 344 g/mol. The summed E-state index contributed by atoms with van der Waals surface area (Å²) in [6.45, 7) is 15.9. The van der Waals surface area contributed by atoms with Gasteiger partial charge in [-0.1, -0.05) is 51.1 Å². The molecule has 4 atom stereocenters. The van der Waals surface area contributed by atoms with E-state index in [1.54, 1.807) is 0 Å². The topological polar surface area (TPSA) is 36.9 Å². The highest BCUT2D eigenvalue weighted by molar-refractivity contribution is 6.74. The van der Waals surface area contributed by atoms with Crippen molar-refractivity contribution in [3.05, 3.63) is 35.9 Å². The van der Waals surface area contributed by atoms with E-state index in [-0.39, 0.29) is 29.5 Å². The van der Waals surface area contributed by atoms with E-state index >= 15 is 0 Å². The SMILES string of the molecule is CC1(C)O[C@@H]2[C@H](O1)[C@@H](O[Si](C)(C)C(C)(C)C)C[C@H]2OCc1ccccc1. The molecule has 1 saturated carbocycles. The van der Waals surface area contributed by atoms with Gasteiger partial charge in [0.05, 0.1) is 18.8 Å². The van der Waals surface area contributed by atoms with Crippen LogP contribution in [0.5, 0.6) is 0 Å². The van der Waals surface area contributed by atoms with Crippen LogP contribution in [-0.2, 0) is 25.2 Å². The molecule has 1 saturated heterocycles. The number of hydrogen-bond donors (Lipinski definition) is 0. The fraction of sp³-hybridized carbons (Fsp3) is 0.714. The molecule has 1 aliphatic carbocycles. The Kier molecular flexibility index (Phi) is 5.41. The molecule has 2 aliphatic rings. The average Bonchev–Trinajstić information content (AvgIpc) is 2.99. The number of ether oxygens (including phenoxy) is 3. The highest BCUT2D eigenvalue weighted by atomic mass is 28.4. The Morgan fingerprint density at radius 2 is 1.62 bits per heavy atom. The first-order valence-electron chi connectivity index (χ1n) is 9.67. The summed E-state index contributed by atoms with van der Waals surface area (Å²) in [5.41, 5.74) is 1.18. The molecular formula is C21H34O4Si. The van der Waals surface area contributed by atoms with Gasteiger partial charge in [0.2, 0.25) is 0 Å². The molecule has 1 aliphatic heterocycles. The molecule has 0 radical (unpaired) electrons. The molecule has 0 spiro atoms. The Hall–Kier alpha value is -0.723. The van der Waals surface area contributed by atoms with Gasteiger partial charge in [-0.25, -0.2) is 0 Å². The largest absolute Gasteiger partial charge is 0.411 e. The maximum atomic E-state index is 6.71. The highest BCUT2D eigenvalue weighted by Gasteiger charge is 2.56. The van der Waals surface area contributed by atoms with Crippen molar-refractivity contribution in [1.82, 2.24) is 0 Å². The van der Waals surface area contributed by atoms with E-state index in [1.807, 2.05) is 32.0 Å². The zero-order valence-electron chi connectivity index (χ0n) is 17.2. The van der Waals surface area contributed by atoms with E-state index in [0.717, 1.165) is 6.42 Å². The van der Waals surface area contributed by atoms with Crippen molar-refractivity contribution in [3.63, 3.8) is 0 Å². The lowest BCUT2D eigenvalue weighted by Crippen LogP contribution is -2.46. The number of fused-ring (bicyclic) bond motifs is 1. The minimum atomic E-state index is -1.88. The smallest absolute Gasteiger partial charge is 0.192 e. The summed E-state index contributed by atoms with van der Waals surface area (Å²) in [6.07, 6.45) is 0.730. The molecule has 1 aromatic carbocycles. The van der Waals surface area contributed by atoms with Gasteiger partial charge in [0, 0.05) is 6.42 Å². The summed E-state index contributed by atoms with van der Waals surface area (Å²) in [4.78, 5) is 0. The van der Waals surface area contributed by atoms with Gasteiger partial charge in [0.1, 0.15) is 12.2 Å². The van der Waals surface area contributed by atoms with Crippen LogP contribution in [0.1, 0.15) is 46.6 Å². The van der Waals surface area contributed by atoms with Crippen LogP contribution in [0.15, 0.2) is 30.3 Å². The number of hydrogen-bond acceptors (Lipinski definition) is 4. The molecule has 0 unspecified atom stereocenters. The van der Waals surface area contributed by atoms with Crippen molar-refractivity contribution in [2.45, 2.75) is 96.0 Å². The number of benzene rings is 1. The third-order valence-corrected chi connectivity index (χ3v) is 10.4. The molecule has 4 nitrogen and oxygen atoms in total. The Labute approximate surface area is 159 Å². The van der Waals surface area contributed by atoms with Crippen molar-refractivity contribution < 1.29 is 18.6 Å². The van der Waals surface area contributed by atoms with Crippen LogP contribution in [0.4, 0.5) is 0 Å². The fourth-order valence-electron chi connectivity index (χ4n) is 3.50. The van der Waals surface area contributed by atoms with Gasteiger partial charge >= 0.3 is 0 Å². The summed E-state index contributed by atoms with van der Waals surface area (Å²) in [5.74, 6) is -0.584. The zero-order chi connectivity index (χ0) is 19.2. The first-order chi connectivity index (χ1) is 12.0. The van der Waals surface area contributed by atoms with E-state index in [9.17, 15) is 0 Å². The second kappa shape index (κ2) is 7.02. The van der Waals surface area contributed by atoms with E-state index in [4.69, 9.17) is 18.6 Å². The van der Waals surface area contributed by atoms with Crippen molar-refractivity contribution in [3.8, 4) is 0 Å². The predicted molar refractivity (Wildman–Crippen MR) is 106 cm³/mol. The highest BCUT2D eigenvalue weighted by Crippen LogP contribution is 2.45. The maximum Gasteiger partial charge on any atom is 0.192 e. The first-order valence-corrected chi connectivity index (χ1v) is 12.6. The van der Waals surface area contributed by atoms with Gasteiger partial charge in [-0.3, -0.25) is 0 Å². The maximum absolute atomic E-state index is 6.71. The van der Waals surface area contributed by atoms with Crippen LogP contribution in [0.3, 0.4) is 0 Å². The van der Waals surface area contributed by atoms with Crippen molar-refractivity contribution >= 4 is 8.32 Å². The summed E-state index contributed by atoms with van der Waals surface area (Å²) >= 11 is 0. The van der Waals surface area contributed by atoms with Gasteiger partial charge < -0.3 is 18.6 Å².